The van der Waals surface area contributed by atoms with Gasteiger partial charge in [-0.25, -0.2) is 0 Å². The first-order chi connectivity index (χ1) is 30.7. The zero-order valence-electron chi connectivity index (χ0n) is 33.9. The van der Waals surface area contributed by atoms with Crippen LogP contribution >= 0.6 is 0 Å². The number of para-hydroxylation sites is 2. The standard InChI is InChI=1S/C60H39NO/c1-2-13-46-37-49(32-27-40(46)11-1)53-17-5-7-20-57(53)61(50-35-33-44(34-36-50)54-19-10-22-59-60(54)55-18-6-8-21-58(55)62-59)51-15-9-14-47(38-51)41-23-25-42(26-24-41)48-31-30-45-29-28-43-12-3-4-16-52(43)56(45)39-48/h1-39H. The monoisotopic (exact) mass is 789 g/mol. The Labute approximate surface area is 360 Å². The average Bonchev–Trinajstić information content (AvgIpc) is 3.73. The van der Waals surface area contributed by atoms with E-state index in [2.05, 4.69) is 229 Å². The molecule has 0 unspecified atom stereocenters. The van der Waals surface area contributed by atoms with Crippen molar-refractivity contribution < 1.29 is 4.42 Å². The van der Waals surface area contributed by atoms with Crippen molar-refractivity contribution in [3.05, 3.63) is 237 Å². The lowest BCUT2D eigenvalue weighted by molar-refractivity contribution is 0.669. The van der Waals surface area contributed by atoms with E-state index in [0.29, 0.717) is 0 Å². The maximum atomic E-state index is 6.27. The van der Waals surface area contributed by atoms with E-state index < -0.39 is 0 Å². The molecule has 0 aliphatic heterocycles. The van der Waals surface area contributed by atoms with E-state index in [-0.39, 0.29) is 0 Å². The van der Waals surface area contributed by atoms with Crippen LogP contribution in [0.2, 0.25) is 0 Å². The van der Waals surface area contributed by atoms with E-state index in [9.17, 15) is 0 Å². The molecule has 0 bridgehead atoms. The second-order valence-corrected chi connectivity index (χ2v) is 16.1. The Hall–Kier alpha value is -8.20. The Morgan fingerprint density at radius 1 is 0.274 bits per heavy atom. The number of anilines is 3. The molecule has 2 nitrogen and oxygen atoms in total. The van der Waals surface area contributed by atoms with Crippen molar-refractivity contribution in [1.29, 1.82) is 0 Å². The van der Waals surface area contributed by atoms with Gasteiger partial charge in [-0.05, 0) is 126 Å². The maximum absolute atomic E-state index is 6.27. The van der Waals surface area contributed by atoms with Gasteiger partial charge in [0.05, 0.1) is 5.69 Å². The van der Waals surface area contributed by atoms with Gasteiger partial charge in [-0.15, -0.1) is 0 Å². The van der Waals surface area contributed by atoms with Gasteiger partial charge in [0, 0.05) is 27.7 Å². The highest BCUT2D eigenvalue weighted by Crippen LogP contribution is 2.44. The van der Waals surface area contributed by atoms with Crippen molar-refractivity contribution in [3.8, 4) is 44.5 Å². The largest absolute Gasteiger partial charge is 0.456 e. The Bertz CT molecular complexity index is 3630. The van der Waals surface area contributed by atoms with Gasteiger partial charge in [-0.3, -0.25) is 0 Å². The summed E-state index contributed by atoms with van der Waals surface area (Å²) >= 11 is 0. The van der Waals surface area contributed by atoms with Gasteiger partial charge >= 0.3 is 0 Å². The Balaban J connectivity index is 0.958. The maximum Gasteiger partial charge on any atom is 0.136 e. The predicted molar refractivity (Wildman–Crippen MR) is 263 cm³/mol. The molecule has 0 radical (unpaired) electrons. The van der Waals surface area contributed by atoms with Gasteiger partial charge in [-0.2, -0.15) is 0 Å². The molecule has 0 saturated heterocycles. The van der Waals surface area contributed by atoms with Crippen LogP contribution in [0, 0.1) is 0 Å². The van der Waals surface area contributed by atoms with Crippen LogP contribution in [0.1, 0.15) is 0 Å². The minimum Gasteiger partial charge on any atom is -0.456 e. The van der Waals surface area contributed by atoms with Crippen LogP contribution in [-0.4, -0.2) is 0 Å². The Kier molecular flexibility index (Phi) is 8.53. The molecular weight excluding hydrogens is 751 g/mol. The van der Waals surface area contributed by atoms with Crippen molar-refractivity contribution in [2.45, 2.75) is 0 Å². The molecule has 0 aliphatic rings. The third kappa shape index (κ3) is 6.20. The first kappa shape index (κ1) is 35.7. The third-order valence-corrected chi connectivity index (χ3v) is 12.4. The van der Waals surface area contributed by atoms with Crippen molar-refractivity contribution in [3.63, 3.8) is 0 Å². The minimum absolute atomic E-state index is 0.898. The predicted octanol–water partition coefficient (Wildman–Crippen LogP) is 17.2. The molecule has 2 heteroatoms. The second kappa shape index (κ2) is 14.8. The van der Waals surface area contributed by atoms with Gasteiger partial charge in [-0.1, -0.05) is 182 Å². The molecule has 1 heterocycles. The fourth-order valence-corrected chi connectivity index (χ4v) is 9.36. The van der Waals surface area contributed by atoms with Crippen LogP contribution in [-0.2, 0) is 0 Å². The van der Waals surface area contributed by atoms with Crippen molar-refractivity contribution >= 4 is 71.3 Å². The van der Waals surface area contributed by atoms with Crippen LogP contribution in [0.5, 0.6) is 0 Å². The Morgan fingerprint density at radius 2 is 0.839 bits per heavy atom. The number of rotatable bonds is 7. The molecule has 62 heavy (non-hydrogen) atoms. The SMILES string of the molecule is c1cc(-c2ccc(-c3ccc4ccc5ccccc5c4c3)cc2)cc(N(c2ccc(-c3cccc4oc5ccccc5c34)cc2)c2ccccc2-c2ccc3ccccc3c2)c1. The third-order valence-electron chi connectivity index (χ3n) is 12.4. The molecular formula is C60H39NO. The summed E-state index contributed by atoms with van der Waals surface area (Å²) in [6.07, 6.45) is 0. The molecule has 0 aliphatic carbocycles. The van der Waals surface area contributed by atoms with Crippen LogP contribution < -0.4 is 4.90 Å². The number of nitrogens with zero attached hydrogens (tertiary/aromatic N) is 1. The normalized spacial score (nSPS) is 11.5. The Morgan fingerprint density at radius 3 is 1.68 bits per heavy atom. The van der Waals surface area contributed by atoms with Crippen LogP contribution in [0.25, 0.3) is 98.8 Å². The summed E-state index contributed by atoms with van der Waals surface area (Å²) < 4.78 is 6.27. The summed E-state index contributed by atoms with van der Waals surface area (Å²) in [5.41, 5.74) is 14.4. The van der Waals surface area contributed by atoms with Crippen LogP contribution in [0.15, 0.2) is 241 Å². The number of benzene rings is 11. The molecule has 1 aromatic heterocycles. The van der Waals surface area contributed by atoms with Crippen molar-refractivity contribution in [2.24, 2.45) is 0 Å². The van der Waals surface area contributed by atoms with Gasteiger partial charge in [0.25, 0.3) is 0 Å². The fraction of sp³-hybridized carbons (Fsp3) is 0. The fourth-order valence-electron chi connectivity index (χ4n) is 9.36. The molecule has 0 spiro atoms. The highest BCUT2D eigenvalue weighted by molar-refractivity contribution is 6.12. The molecule has 0 fully saturated rings. The lowest BCUT2D eigenvalue weighted by Gasteiger charge is -2.28. The van der Waals surface area contributed by atoms with Crippen LogP contribution in [0.3, 0.4) is 0 Å². The summed E-state index contributed by atoms with van der Waals surface area (Å²) in [7, 11) is 0. The highest BCUT2D eigenvalue weighted by Gasteiger charge is 2.19. The first-order valence-electron chi connectivity index (χ1n) is 21.2. The average molecular weight is 790 g/mol. The van der Waals surface area contributed by atoms with E-state index in [1.165, 1.54) is 54.6 Å². The molecule has 0 N–H and O–H groups in total. The number of fused-ring (bicyclic) bond motifs is 7. The molecule has 12 aromatic rings. The molecule has 290 valence electrons. The van der Waals surface area contributed by atoms with E-state index in [4.69, 9.17) is 4.42 Å². The number of hydrogen-bond acceptors (Lipinski definition) is 2. The lowest BCUT2D eigenvalue weighted by Crippen LogP contribution is -2.11. The summed E-state index contributed by atoms with van der Waals surface area (Å²) in [5.74, 6) is 0. The van der Waals surface area contributed by atoms with E-state index in [1.54, 1.807) is 0 Å². The van der Waals surface area contributed by atoms with Gasteiger partial charge < -0.3 is 9.32 Å². The number of furan rings is 1. The topological polar surface area (TPSA) is 16.4 Å². The van der Waals surface area contributed by atoms with Gasteiger partial charge in [0.2, 0.25) is 0 Å². The zero-order valence-corrected chi connectivity index (χ0v) is 33.9. The van der Waals surface area contributed by atoms with E-state index in [0.717, 1.165) is 61.3 Å². The molecule has 0 saturated carbocycles. The van der Waals surface area contributed by atoms with Crippen molar-refractivity contribution in [1.82, 2.24) is 0 Å². The zero-order chi connectivity index (χ0) is 41.0. The summed E-state index contributed by atoms with van der Waals surface area (Å²) in [5, 5.41) is 9.80. The molecule has 0 amide bonds. The molecule has 0 atom stereocenters. The van der Waals surface area contributed by atoms with E-state index >= 15 is 0 Å². The summed E-state index contributed by atoms with van der Waals surface area (Å²) in [6.45, 7) is 0. The number of hydrogen-bond donors (Lipinski definition) is 0. The minimum atomic E-state index is 0.898. The van der Waals surface area contributed by atoms with Crippen LogP contribution in [0.4, 0.5) is 17.1 Å². The summed E-state index contributed by atoms with van der Waals surface area (Å²) in [4.78, 5) is 2.40. The van der Waals surface area contributed by atoms with Gasteiger partial charge in [0.15, 0.2) is 0 Å². The molecule has 11 aromatic carbocycles. The smallest absolute Gasteiger partial charge is 0.136 e. The quantitative estimate of drug-likeness (QED) is 0.150. The van der Waals surface area contributed by atoms with E-state index in [1.807, 2.05) is 12.1 Å². The van der Waals surface area contributed by atoms with Gasteiger partial charge in [0.1, 0.15) is 11.2 Å². The lowest BCUT2D eigenvalue weighted by atomic mass is 9.95. The first-order valence-corrected chi connectivity index (χ1v) is 21.2. The second-order valence-electron chi connectivity index (χ2n) is 16.1. The molecule has 12 rings (SSSR count). The van der Waals surface area contributed by atoms with Crippen molar-refractivity contribution in [2.75, 3.05) is 4.90 Å². The highest BCUT2D eigenvalue weighted by atomic mass is 16.3. The summed E-state index contributed by atoms with van der Waals surface area (Å²) in [6, 6.07) is 85.6.